The van der Waals surface area contributed by atoms with E-state index in [-0.39, 0.29) is 6.61 Å². The Kier molecular flexibility index (Phi) is 4.23. The first-order valence-corrected chi connectivity index (χ1v) is 6.91. The second kappa shape index (κ2) is 5.43. The van der Waals surface area contributed by atoms with Crippen molar-refractivity contribution in [1.82, 2.24) is 0 Å². The maximum Gasteiger partial charge on any atom is 0.496 e. The van der Waals surface area contributed by atoms with Gasteiger partial charge in [0.05, 0.1) is 12.6 Å². The number of carbonyl (C=O) groups excluding carboxylic acids is 1. The molecule has 2 fully saturated rings. The van der Waals surface area contributed by atoms with Gasteiger partial charge in [-0.05, 0) is 0 Å². The molecule has 0 aliphatic carbocycles. The highest BCUT2D eigenvalue weighted by molar-refractivity contribution is 7.46. The van der Waals surface area contributed by atoms with E-state index in [2.05, 4.69) is 9.56 Å². The van der Waals surface area contributed by atoms with Crippen molar-refractivity contribution in [3.05, 3.63) is 0 Å². The summed E-state index contributed by atoms with van der Waals surface area (Å²) < 4.78 is 30.0. The lowest BCUT2D eigenvalue weighted by atomic mass is 9.99. The molecule has 2 rings (SSSR count). The van der Waals surface area contributed by atoms with Crippen LogP contribution in [0, 0.1) is 0 Å². The number of fused-ring (bicyclic) bond motifs is 2. The normalized spacial score (nSPS) is 38.2. The third kappa shape index (κ3) is 3.50. The number of esters is 1. The van der Waals surface area contributed by atoms with E-state index in [0.717, 1.165) is 0 Å². The fraction of sp³-hybridized carbons (Fsp3) is 0.875. The van der Waals surface area contributed by atoms with Crippen molar-refractivity contribution in [2.75, 3.05) is 6.61 Å². The summed E-state index contributed by atoms with van der Waals surface area (Å²) in [6.07, 6.45) is -3.45. The zero-order valence-corrected chi connectivity index (χ0v) is 10.8. The molecule has 110 valence electrons. The minimum atomic E-state index is -4.83. The molecule has 0 radical (unpaired) electrons. The van der Waals surface area contributed by atoms with Gasteiger partial charge in [0.25, 0.3) is 0 Å². The second-order valence-corrected chi connectivity index (χ2v) is 5.28. The van der Waals surface area contributed by atoms with Gasteiger partial charge in [-0.2, -0.15) is 0 Å². The van der Waals surface area contributed by atoms with Crippen LogP contribution in [-0.4, -0.2) is 53.0 Å². The molecular weight excluding hydrogens is 285 g/mol. The Balaban J connectivity index is 2.05. The molecule has 11 heteroatoms. The lowest BCUT2D eigenvalue weighted by Gasteiger charge is -2.36. The Morgan fingerprint density at radius 2 is 2.11 bits per heavy atom. The zero-order valence-electron chi connectivity index (χ0n) is 9.87. The molecule has 0 amide bonds. The second-order valence-electron chi connectivity index (χ2n) is 4.15. The third-order valence-electron chi connectivity index (χ3n) is 2.68. The van der Waals surface area contributed by atoms with Gasteiger partial charge < -0.3 is 29.7 Å². The molecule has 0 aromatic heterocycles. The average Bonchev–Trinajstić information content (AvgIpc) is 2.68. The van der Waals surface area contributed by atoms with Gasteiger partial charge in [-0.1, -0.05) is 0 Å². The minimum absolute atomic E-state index is 0.131. The Hall–Kier alpha value is -0.580. The number of hydrogen-bond donors (Lipinski definition) is 3. The van der Waals surface area contributed by atoms with Crippen LogP contribution in [0.5, 0.6) is 0 Å². The monoisotopic (exact) mass is 299 g/mol. The highest BCUT2D eigenvalue weighted by Gasteiger charge is 2.52. The SMILES string of the molecule is CC(=O)O[C@@H]1[C@@H](N)[C@@H](OOP(=O)(O)O)[C@@H]2OC[C@H]1O2. The standard InChI is InChI=1S/C8H14NO9P/c1-3(10)15-6-4-2-14-8(16-4)7(5(6)9)17-18-19(11,12)13/h4-8H,2,9H2,1H3,(H2,11,12,13)/t4-,5-,6+,7-,8-/m1/s1. The Morgan fingerprint density at radius 3 is 2.68 bits per heavy atom. The quantitative estimate of drug-likeness (QED) is 0.240. The molecule has 2 aliphatic rings. The topological polar surface area (TPSA) is 147 Å². The number of carbonyl (C=O) groups is 1. The molecule has 4 N–H and O–H groups in total. The molecule has 0 spiro atoms. The summed E-state index contributed by atoms with van der Waals surface area (Å²) >= 11 is 0. The largest absolute Gasteiger partial charge is 0.496 e. The zero-order chi connectivity index (χ0) is 14.2. The molecule has 5 atom stereocenters. The summed E-state index contributed by atoms with van der Waals surface area (Å²) in [6.45, 7) is 1.34. The Labute approximate surface area is 107 Å². The number of phosphoric acid groups is 1. The van der Waals surface area contributed by atoms with Crippen LogP contribution >= 0.6 is 7.82 Å². The van der Waals surface area contributed by atoms with Crippen LogP contribution in [-0.2, 0) is 33.1 Å². The first kappa shape index (κ1) is 14.8. The predicted octanol–water partition coefficient (Wildman–Crippen LogP) is -1.59. The van der Waals surface area contributed by atoms with Crippen LogP contribution in [0.2, 0.25) is 0 Å². The first-order chi connectivity index (χ1) is 8.78. The predicted molar refractivity (Wildman–Crippen MR) is 56.1 cm³/mol. The summed E-state index contributed by atoms with van der Waals surface area (Å²) in [5.74, 6) is -0.566. The highest BCUT2D eigenvalue weighted by Crippen LogP contribution is 2.39. The van der Waals surface area contributed by atoms with E-state index in [1.54, 1.807) is 0 Å². The van der Waals surface area contributed by atoms with Crippen LogP contribution in [0.25, 0.3) is 0 Å². The van der Waals surface area contributed by atoms with Gasteiger partial charge in [0.15, 0.2) is 12.4 Å². The van der Waals surface area contributed by atoms with E-state index >= 15 is 0 Å². The lowest BCUT2D eigenvalue weighted by molar-refractivity contribution is -0.325. The Bertz CT molecular complexity index is 398. The van der Waals surface area contributed by atoms with Crippen molar-refractivity contribution in [3.8, 4) is 0 Å². The fourth-order valence-electron chi connectivity index (χ4n) is 1.96. The van der Waals surface area contributed by atoms with Gasteiger partial charge >= 0.3 is 13.8 Å². The molecule has 19 heavy (non-hydrogen) atoms. The number of hydrogen-bond acceptors (Lipinski definition) is 8. The van der Waals surface area contributed by atoms with Gasteiger partial charge in [0.2, 0.25) is 0 Å². The Morgan fingerprint density at radius 1 is 1.42 bits per heavy atom. The molecule has 10 nitrogen and oxygen atoms in total. The molecule has 2 heterocycles. The van der Waals surface area contributed by atoms with Gasteiger partial charge in [-0.25, -0.2) is 9.45 Å². The van der Waals surface area contributed by atoms with Crippen molar-refractivity contribution >= 4 is 13.8 Å². The molecule has 0 saturated carbocycles. The maximum absolute atomic E-state index is 11.0. The summed E-state index contributed by atoms with van der Waals surface area (Å²) in [5.41, 5.74) is 5.83. The van der Waals surface area contributed by atoms with Crippen molar-refractivity contribution in [1.29, 1.82) is 0 Å². The average molecular weight is 299 g/mol. The van der Waals surface area contributed by atoms with Gasteiger partial charge in [-0.3, -0.25) is 4.79 Å². The van der Waals surface area contributed by atoms with Crippen molar-refractivity contribution < 1.29 is 42.9 Å². The van der Waals surface area contributed by atoms with Crippen molar-refractivity contribution in [3.63, 3.8) is 0 Å². The summed E-state index contributed by atoms with van der Waals surface area (Å²) in [5, 5.41) is 0. The smallest absolute Gasteiger partial charge is 0.458 e. The lowest BCUT2D eigenvalue weighted by Crippen LogP contribution is -2.60. The first-order valence-electron chi connectivity index (χ1n) is 5.38. The van der Waals surface area contributed by atoms with Crippen LogP contribution < -0.4 is 5.73 Å². The molecule has 2 saturated heterocycles. The fourth-order valence-corrected chi connectivity index (χ4v) is 2.17. The van der Waals surface area contributed by atoms with Crippen LogP contribution in [0.1, 0.15) is 6.92 Å². The molecular formula is C8H14NO9P. The van der Waals surface area contributed by atoms with E-state index in [1.807, 2.05) is 0 Å². The molecule has 0 aromatic rings. The molecule has 0 unspecified atom stereocenters. The van der Waals surface area contributed by atoms with E-state index in [4.69, 9.17) is 29.7 Å². The molecule has 2 aliphatic heterocycles. The number of ether oxygens (including phenoxy) is 3. The minimum Gasteiger partial charge on any atom is -0.458 e. The van der Waals surface area contributed by atoms with Crippen LogP contribution in [0.3, 0.4) is 0 Å². The number of rotatable bonds is 4. The molecule has 2 bridgehead atoms. The number of nitrogens with two attached hydrogens (primary N) is 1. The third-order valence-corrected chi connectivity index (χ3v) is 2.96. The van der Waals surface area contributed by atoms with Crippen LogP contribution in [0.15, 0.2) is 0 Å². The van der Waals surface area contributed by atoms with E-state index in [9.17, 15) is 9.36 Å². The highest BCUT2D eigenvalue weighted by atomic mass is 31.2. The summed E-state index contributed by atoms with van der Waals surface area (Å²) in [7, 11) is -4.83. The summed E-state index contributed by atoms with van der Waals surface area (Å²) in [6, 6.07) is -0.901. The molecule has 0 aromatic carbocycles. The van der Waals surface area contributed by atoms with Gasteiger partial charge in [0.1, 0.15) is 12.2 Å². The van der Waals surface area contributed by atoms with Gasteiger partial charge in [0, 0.05) is 6.92 Å². The van der Waals surface area contributed by atoms with Gasteiger partial charge in [-0.15, -0.1) is 4.67 Å². The van der Waals surface area contributed by atoms with E-state index in [1.165, 1.54) is 6.92 Å². The van der Waals surface area contributed by atoms with Crippen molar-refractivity contribution in [2.24, 2.45) is 5.73 Å². The van der Waals surface area contributed by atoms with Crippen molar-refractivity contribution in [2.45, 2.75) is 37.6 Å². The summed E-state index contributed by atoms with van der Waals surface area (Å²) in [4.78, 5) is 32.7. The van der Waals surface area contributed by atoms with E-state index in [0.29, 0.717) is 0 Å². The van der Waals surface area contributed by atoms with E-state index < -0.39 is 44.4 Å². The van der Waals surface area contributed by atoms with Crippen LogP contribution in [0.4, 0.5) is 0 Å². The maximum atomic E-state index is 11.0.